The van der Waals surface area contributed by atoms with E-state index in [-0.39, 0.29) is 12.5 Å². The number of ether oxygens (including phenoxy) is 1. The summed E-state index contributed by atoms with van der Waals surface area (Å²) in [5, 5.41) is 0. The first-order chi connectivity index (χ1) is 6.18. The second-order valence-electron chi connectivity index (χ2n) is 2.80. The van der Waals surface area contributed by atoms with Gasteiger partial charge in [-0.2, -0.15) is 4.98 Å². The van der Waals surface area contributed by atoms with Crippen molar-refractivity contribution in [3.63, 3.8) is 0 Å². The molecular weight excluding hydrogens is 170 g/mol. The van der Waals surface area contributed by atoms with Crippen LogP contribution in [-0.4, -0.2) is 24.5 Å². The number of fused-ring (bicyclic) bond motifs is 1. The van der Waals surface area contributed by atoms with Gasteiger partial charge in [0.1, 0.15) is 11.5 Å². The van der Waals surface area contributed by atoms with Gasteiger partial charge in [-0.15, -0.1) is 0 Å². The number of rotatable bonds is 0. The molecule has 0 aromatic carbocycles. The zero-order valence-electron chi connectivity index (χ0n) is 7.15. The number of nitrogen functional groups attached to an aromatic ring is 1. The summed E-state index contributed by atoms with van der Waals surface area (Å²) < 4.78 is 5.10. The van der Waals surface area contributed by atoms with E-state index < -0.39 is 0 Å². The van der Waals surface area contributed by atoms with Crippen LogP contribution in [0.4, 0.5) is 11.5 Å². The molecule has 1 aliphatic rings. The normalized spacial score (nSPS) is 15.2. The lowest BCUT2D eigenvalue weighted by Gasteiger charge is -2.24. The Kier molecular flexibility index (Phi) is 1.58. The number of aromatic nitrogens is 1. The van der Waals surface area contributed by atoms with E-state index in [1.165, 1.54) is 4.90 Å². The number of pyridine rings is 1. The standard InChI is InChI=1S/C8H9N3O2/c1-11-5-2-3-6(9)10-8(5)13-4-7(11)12/h2-3H,4H2,1H3,(H2,9,10). The lowest BCUT2D eigenvalue weighted by Crippen LogP contribution is -2.35. The first-order valence-electron chi connectivity index (χ1n) is 3.84. The van der Waals surface area contributed by atoms with E-state index in [1.54, 1.807) is 19.2 Å². The molecule has 0 fully saturated rings. The van der Waals surface area contributed by atoms with Crippen LogP contribution in [0, 0.1) is 0 Å². The molecule has 5 heteroatoms. The minimum Gasteiger partial charge on any atom is -0.466 e. The van der Waals surface area contributed by atoms with Gasteiger partial charge in [0, 0.05) is 7.05 Å². The van der Waals surface area contributed by atoms with Crippen molar-refractivity contribution in [2.45, 2.75) is 0 Å². The molecule has 0 saturated heterocycles. The molecule has 1 aromatic rings. The number of likely N-dealkylation sites (N-methyl/N-ethyl adjacent to an activating group) is 1. The topological polar surface area (TPSA) is 68.5 Å². The van der Waals surface area contributed by atoms with Crippen LogP contribution in [0.5, 0.6) is 5.88 Å². The third kappa shape index (κ3) is 1.18. The van der Waals surface area contributed by atoms with Gasteiger partial charge in [-0.3, -0.25) is 4.79 Å². The summed E-state index contributed by atoms with van der Waals surface area (Å²) in [7, 11) is 1.68. The van der Waals surface area contributed by atoms with Crippen molar-refractivity contribution in [3.8, 4) is 5.88 Å². The van der Waals surface area contributed by atoms with Gasteiger partial charge in [-0.25, -0.2) is 0 Å². The number of carbonyl (C=O) groups is 1. The lowest BCUT2D eigenvalue weighted by molar-refractivity contribution is -0.121. The van der Waals surface area contributed by atoms with Crippen molar-refractivity contribution in [3.05, 3.63) is 12.1 Å². The first kappa shape index (κ1) is 7.85. The zero-order valence-corrected chi connectivity index (χ0v) is 7.15. The predicted octanol–water partition coefficient (Wildman–Crippen LogP) is 0.0190. The average Bonchev–Trinajstić information content (AvgIpc) is 2.12. The number of hydrogen-bond donors (Lipinski definition) is 1. The molecule has 0 bridgehead atoms. The van der Waals surface area contributed by atoms with Gasteiger partial charge in [0.15, 0.2) is 6.61 Å². The van der Waals surface area contributed by atoms with Gasteiger partial charge < -0.3 is 15.4 Å². The Hall–Kier alpha value is -1.78. The Morgan fingerprint density at radius 1 is 1.62 bits per heavy atom. The van der Waals surface area contributed by atoms with Crippen LogP contribution in [0.2, 0.25) is 0 Å². The maximum absolute atomic E-state index is 11.2. The molecule has 0 spiro atoms. The van der Waals surface area contributed by atoms with Gasteiger partial charge in [-0.05, 0) is 12.1 Å². The van der Waals surface area contributed by atoms with Gasteiger partial charge in [-0.1, -0.05) is 0 Å². The summed E-state index contributed by atoms with van der Waals surface area (Å²) in [6.07, 6.45) is 0. The average molecular weight is 179 g/mol. The second-order valence-corrected chi connectivity index (χ2v) is 2.80. The molecule has 0 saturated carbocycles. The monoisotopic (exact) mass is 179 g/mol. The van der Waals surface area contributed by atoms with Crippen molar-refractivity contribution in [1.82, 2.24) is 4.98 Å². The van der Waals surface area contributed by atoms with Crippen molar-refractivity contribution >= 4 is 17.4 Å². The fourth-order valence-corrected chi connectivity index (χ4v) is 1.17. The van der Waals surface area contributed by atoms with Crippen LogP contribution in [0.3, 0.4) is 0 Å². The number of amides is 1. The smallest absolute Gasteiger partial charge is 0.264 e. The number of anilines is 2. The van der Waals surface area contributed by atoms with Crippen LogP contribution >= 0.6 is 0 Å². The SMILES string of the molecule is CN1C(=O)COc2nc(N)ccc21. The number of hydrogen-bond acceptors (Lipinski definition) is 4. The minimum atomic E-state index is -0.0842. The maximum Gasteiger partial charge on any atom is 0.264 e. The van der Waals surface area contributed by atoms with E-state index in [4.69, 9.17) is 10.5 Å². The van der Waals surface area contributed by atoms with E-state index in [9.17, 15) is 4.79 Å². The number of nitrogens with zero attached hydrogens (tertiary/aromatic N) is 2. The number of nitrogens with two attached hydrogens (primary N) is 1. The molecular formula is C8H9N3O2. The molecule has 68 valence electrons. The molecule has 0 atom stereocenters. The highest BCUT2D eigenvalue weighted by Gasteiger charge is 2.22. The third-order valence-electron chi connectivity index (χ3n) is 1.93. The Morgan fingerprint density at radius 3 is 3.15 bits per heavy atom. The van der Waals surface area contributed by atoms with Crippen LogP contribution in [0.1, 0.15) is 0 Å². The third-order valence-corrected chi connectivity index (χ3v) is 1.93. The van der Waals surface area contributed by atoms with Crippen LogP contribution < -0.4 is 15.4 Å². The largest absolute Gasteiger partial charge is 0.466 e. The van der Waals surface area contributed by atoms with E-state index in [2.05, 4.69) is 4.98 Å². The zero-order chi connectivity index (χ0) is 9.42. The molecule has 5 nitrogen and oxygen atoms in total. The van der Waals surface area contributed by atoms with E-state index in [0.29, 0.717) is 17.4 Å². The lowest BCUT2D eigenvalue weighted by atomic mass is 10.3. The van der Waals surface area contributed by atoms with Crippen LogP contribution in [0.25, 0.3) is 0 Å². The molecule has 0 unspecified atom stereocenters. The molecule has 1 aliphatic heterocycles. The maximum atomic E-state index is 11.2. The summed E-state index contributed by atoms with van der Waals surface area (Å²) in [4.78, 5) is 16.6. The highest BCUT2D eigenvalue weighted by molar-refractivity contribution is 5.96. The van der Waals surface area contributed by atoms with E-state index in [1.807, 2.05) is 0 Å². The Bertz CT molecular complexity index is 364. The summed E-state index contributed by atoms with van der Waals surface area (Å²) >= 11 is 0. The quantitative estimate of drug-likeness (QED) is 0.609. The molecule has 1 aromatic heterocycles. The Labute approximate surface area is 75.1 Å². The molecule has 13 heavy (non-hydrogen) atoms. The van der Waals surface area contributed by atoms with Gasteiger partial charge in [0.2, 0.25) is 5.88 Å². The fraction of sp³-hybridized carbons (Fsp3) is 0.250. The molecule has 0 radical (unpaired) electrons. The van der Waals surface area contributed by atoms with Crippen molar-refractivity contribution in [1.29, 1.82) is 0 Å². The summed E-state index contributed by atoms with van der Waals surface area (Å²) in [5.41, 5.74) is 6.13. The Balaban J connectivity index is 2.49. The highest BCUT2D eigenvalue weighted by atomic mass is 16.5. The minimum absolute atomic E-state index is 0.0277. The fourth-order valence-electron chi connectivity index (χ4n) is 1.17. The van der Waals surface area contributed by atoms with Crippen LogP contribution in [-0.2, 0) is 4.79 Å². The van der Waals surface area contributed by atoms with Gasteiger partial charge in [0.05, 0.1) is 0 Å². The summed E-state index contributed by atoms with van der Waals surface area (Å²) in [5.74, 6) is 0.725. The van der Waals surface area contributed by atoms with Crippen molar-refractivity contribution in [2.24, 2.45) is 0 Å². The highest BCUT2D eigenvalue weighted by Crippen LogP contribution is 2.29. The van der Waals surface area contributed by atoms with Crippen molar-refractivity contribution in [2.75, 3.05) is 24.3 Å². The molecule has 2 heterocycles. The molecule has 1 amide bonds. The predicted molar refractivity (Wildman–Crippen MR) is 47.6 cm³/mol. The first-order valence-corrected chi connectivity index (χ1v) is 3.84. The van der Waals surface area contributed by atoms with Gasteiger partial charge >= 0.3 is 0 Å². The van der Waals surface area contributed by atoms with E-state index in [0.717, 1.165) is 0 Å². The summed E-state index contributed by atoms with van der Waals surface area (Å²) in [6, 6.07) is 3.35. The Morgan fingerprint density at radius 2 is 2.38 bits per heavy atom. The van der Waals surface area contributed by atoms with Gasteiger partial charge in [0.25, 0.3) is 5.91 Å². The van der Waals surface area contributed by atoms with Crippen molar-refractivity contribution < 1.29 is 9.53 Å². The van der Waals surface area contributed by atoms with Crippen LogP contribution in [0.15, 0.2) is 12.1 Å². The second kappa shape index (κ2) is 2.62. The summed E-state index contributed by atoms with van der Waals surface area (Å²) in [6.45, 7) is 0.0277. The number of carbonyl (C=O) groups excluding carboxylic acids is 1. The van der Waals surface area contributed by atoms with E-state index >= 15 is 0 Å². The molecule has 0 aliphatic carbocycles. The molecule has 2 rings (SSSR count). The molecule has 2 N–H and O–H groups in total.